The summed E-state index contributed by atoms with van der Waals surface area (Å²) in [5.41, 5.74) is 12.1. The molecule has 0 bridgehead atoms. The Morgan fingerprint density at radius 2 is 0.691 bits per heavy atom. The van der Waals surface area contributed by atoms with Crippen molar-refractivity contribution in [2.45, 2.75) is 0 Å². The van der Waals surface area contributed by atoms with Crippen molar-refractivity contribution < 1.29 is 0 Å². The Morgan fingerprint density at radius 1 is 0.291 bits per heavy atom. The normalized spacial score (nSPS) is 11.3. The molecule has 0 saturated heterocycles. The first-order chi connectivity index (χ1) is 27.2. The van der Waals surface area contributed by atoms with Gasteiger partial charge in [0.1, 0.15) is 0 Å². The monoisotopic (exact) mass is 721 g/mol. The second-order valence-corrected chi connectivity index (χ2v) is 14.4. The van der Waals surface area contributed by atoms with Crippen LogP contribution in [-0.4, -0.2) is 24.9 Å². The highest BCUT2D eigenvalue weighted by Gasteiger charge is 2.17. The minimum Gasteiger partial charge on any atom is -0.265 e. The van der Waals surface area contributed by atoms with Gasteiger partial charge in [-0.25, -0.2) is 15.0 Å². The van der Waals surface area contributed by atoms with Crippen LogP contribution in [0.1, 0.15) is 0 Å². The SMILES string of the molecule is c1ccc(-c2nc(-c3ccccc3)nc(-c3ccc(-c4cccc5c4sc4c(-c6cc(-c7ccncc7)cc(-c7ccncc7)c6)cccc45)cc3)n2)cc1. The third kappa shape index (κ3) is 6.24. The van der Waals surface area contributed by atoms with Crippen molar-refractivity contribution in [3.8, 4) is 78.7 Å². The van der Waals surface area contributed by atoms with Crippen LogP contribution in [0.4, 0.5) is 0 Å². The van der Waals surface area contributed by atoms with E-state index in [0.29, 0.717) is 17.5 Å². The minimum atomic E-state index is 0.643. The Balaban J connectivity index is 1.07. The Labute approximate surface area is 322 Å². The number of fused-ring (bicyclic) bond motifs is 3. The van der Waals surface area contributed by atoms with E-state index in [1.54, 1.807) is 0 Å². The fraction of sp³-hybridized carbons (Fsp3) is 0. The van der Waals surface area contributed by atoms with Crippen molar-refractivity contribution in [2.24, 2.45) is 0 Å². The first kappa shape index (κ1) is 32.5. The van der Waals surface area contributed by atoms with E-state index in [2.05, 4.69) is 113 Å². The molecule has 258 valence electrons. The predicted molar refractivity (Wildman–Crippen MR) is 226 cm³/mol. The highest BCUT2D eigenvalue weighted by Crippen LogP contribution is 2.45. The Kier molecular flexibility index (Phi) is 8.28. The molecule has 0 aliphatic heterocycles. The van der Waals surface area contributed by atoms with E-state index >= 15 is 0 Å². The van der Waals surface area contributed by atoms with Gasteiger partial charge in [0, 0.05) is 61.7 Å². The zero-order valence-electron chi connectivity index (χ0n) is 29.5. The summed E-state index contributed by atoms with van der Waals surface area (Å²) < 4.78 is 2.52. The van der Waals surface area contributed by atoms with E-state index in [-0.39, 0.29) is 0 Å². The molecule has 0 unspecified atom stereocenters. The maximum Gasteiger partial charge on any atom is 0.164 e. The lowest BCUT2D eigenvalue weighted by Crippen LogP contribution is -2.00. The second-order valence-electron chi connectivity index (χ2n) is 13.4. The van der Waals surface area contributed by atoms with Crippen molar-refractivity contribution in [3.05, 3.63) is 189 Å². The van der Waals surface area contributed by atoms with E-state index in [9.17, 15) is 0 Å². The first-order valence-corrected chi connectivity index (χ1v) is 19.0. The smallest absolute Gasteiger partial charge is 0.164 e. The average molecular weight is 722 g/mol. The van der Waals surface area contributed by atoms with Gasteiger partial charge in [0.05, 0.1) is 0 Å². The van der Waals surface area contributed by atoms with Crippen LogP contribution < -0.4 is 0 Å². The predicted octanol–water partition coefficient (Wildman–Crippen LogP) is 12.7. The number of aromatic nitrogens is 5. The lowest BCUT2D eigenvalue weighted by atomic mass is 9.93. The molecule has 0 saturated carbocycles. The highest BCUT2D eigenvalue weighted by atomic mass is 32.1. The van der Waals surface area contributed by atoms with Crippen LogP contribution in [-0.2, 0) is 0 Å². The topological polar surface area (TPSA) is 64.5 Å². The number of rotatable bonds is 7. The lowest BCUT2D eigenvalue weighted by Gasteiger charge is -2.12. The maximum absolute atomic E-state index is 4.94. The number of pyridine rings is 2. The first-order valence-electron chi connectivity index (χ1n) is 18.1. The molecular formula is C49H31N5S. The Hall–Kier alpha value is -7.15. The van der Waals surface area contributed by atoms with Gasteiger partial charge in [-0.3, -0.25) is 9.97 Å². The molecule has 10 rings (SSSR count). The van der Waals surface area contributed by atoms with Gasteiger partial charge in [-0.2, -0.15) is 0 Å². The molecule has 0 radical (unpaired) electrons. The molecule has 0 N–H and O–H groups in total. The summed E-state index contributed by atoms with van der Waals surface area (Å²) in [5.74, 6) is 1.95. The van der Waals surface area contributed by atoms with Gasteiger partial charge < -0.3 is 0 Å². The minimum absolute atomic E-state index is 0.643. The highest BCUT2D eigenvalue weighted by molar-refractivity contribution is 7.26. The van der Waals surface area contributed by atoms with Crippen LogP contribution in [0.5, 0.6) is 0 Å². The lowest BCUT2D eigenvalue weighted by molar-refractivity contribution is 1.07. The standard InChI is InChI=1S/C49H31N5S/c1-3-9-35(10-4-1)47-52-48(36-11-5-2-6-12-36)54-49(53-47)37-19-17-34(18-20-37)41-13-7-15-43-44-16-8-14-42(46(44)55-45(41)43)40-30-38(32-21-25-50-26-22-32)29-39(31-40)33-23-27-51-28-24-33/h1-31H. The van der Waals surface area contributed by atoms with E-state index in [1.807, 2.05) is 96.8 Å². The Bertz CT molecular complexity index is 2830. The summed E-state index contributed by atoms with van der Waals surface area (Å²) in [6.45, 7) is 0. The van der Waals surface area contributed by atoms with E-state index in [0.717, 1.165) is 44.5 Å². The summed E-state index contributed by atoms with van der Waals surface area (Å²) >= 11 is 1.85. The molecule has 0 atom stereocenters. The van der Waals surface area contributed by atoms with Crippen LogP contribution in [0, 0.1) is 0 Å². The number of thiophene rings is 1. The molecule has 0 spiro atoms. The van der Waals surface area contributed by atoms with Crippen LogP contribution >= 0.6 is 11.3 Å². The molecule has 55 heavy (non-hydrogen) atoms. The van der Waals surface area contributed by atoms with Crippen LogP contribution in [0.3, 0.4) is 0 Å². The molecule has 0 fully saturated rings. The number of benzene rings is 6. The summed E-state index contributed by atoms with van der Waals surface area (Å²) in [7, 11) is 0. The summed E-state index contributed by atoms with van der Waals surface area (Å²) in [4.78, 5) is 23.3. The van der Waals surface area contributed by atoms with Gasteiger partial charge in [-0.15, -0.1) is 11.3 Å². The molecular weight excluding hydrogens is 691 g/mol. The zero-order valence-corrected chi connectivity index (χ0v) is 30.4. The van der Waals surface area contributed by atoms with Crippen LogP contribution in [0.25, 0.3) is 98.8 Å². The van der Waals surface area contributed by atoms with Crippen molar-refractivity contribution in [1.29, 1.82) is 0 Å². The summed E-state index contributed by atoms with van der Waals surface area (Å²) in [6.07, 6.45) is 7.40. The van der Waals surface area contributed by atoms with Gasteiger partial charge in [0.25, 0.3) is 0 Å². The number of hydrogen-bond acceptors (Lipinski definition) is 6. The van der Waals surface area contributed by atoms with Gasteiger partial charge in [0.2, 0.25) is 0 Å². The average Bonchev–Trinajstić information content (AvgIpc) is 3.67. The molecule has 4 aromatic heterocycles. The molecule has 0 amide bonds. The van der Waals surface area contributed by atoms with E-state index in [1.165, 1.54) is 36.9 Å². The fourth-order valence-electron chi connectivity index (χ4n) is 7.22. The number of nitrogens with zero attached hydrogens (tertiary/aromatic N) is 5. The van der Waals surface area contributed by atoms with Gasteiger partial charge >= 0.3 is 0 Å². The van der Waals surface area contributed by atoms with Crippen molar-refractivity contribution in [1.82, 2.24) is 24.9 Å². The third-order valence-corrected chi connectivity index (χ3v) is 11.2. The quantitative estimate of drug-likeness (QED) is 0.164. The van der Waals surface area contributed by atoms with E-state index in [4.69, 9.17) is 15.0 Å². The summed E-state index contributed by atoms with van der Waals surface area (Å²) in [6, 6.07) is 57.2. The number of hydrogen-bond donors (Lipinski definition) is 0. The molecule has 4 heterocycles. The Morgan fingerprint density at radius 3 is 1.16 bits per heavy atom. The molecule has 6 aromatic carbocycles. The second kappa shape index (κ2) is 14.0. The molecule has 6 heteroatoms. The van der Waals surface area contributed by atoms with Gasteiger partial charge in [-0.05, 0) is 87.0 Å². The van der Waals surface area contributed by atoms with Gasteiger partial charge in [0.15, 0.2) is 17.5 Å². The largest absolute Gasteiger partial charge is 0.265 e. The van der Waals surface area contributed by atoms with Gasteiger partial charge in [-0.1, -0.05) is 121 Å². The molecule has 5 nitrogen and oxygen atoms in total. The molecule has 0 aliphatic rings. The van der Waals surface area contributed by atoms with Crippen molar-refractivity contribution in [2.75, 3.05) is 0 Å². The third-order valence-electron chi connectivity index (χ3n) is 9.95. The fourth-order valence-corrected chi connectivity index (χ4v) is 8.59. The van der Waals surface area contributed by atoms with Crippen molar-refractivity contribution in [3.63, 3.8) is 0 Å². The summed E-state index contributed by atoms with van der Waals surface area (Å²) in [5, 5.41) is 2.50. The van der Waals surface area contributed by atoms with E-state index < -0.39 is 0 Å². The molecule has 10 aromatic rings. The maximum atomic E-state index is 4.94. The van der Waals surface area contributed by atoms with Crippen molar-refractivity contribution >= 4 is 31.5 Å². The van der Waals surface area contributed by atoms with Crippen LogP contribution in [0.15, 0.2) is 189 Å². The zero-order chi connectivity index (χ0) is 36.6. The van der Waals surface area contributed by atoms with Crippen LogP contribution in [0.2, 0.25) is 0 Å². The molecule has 0 aliphatic carbocycles.